The second kappa shape index (κ2) is 12.9. The predicted molar refractivity (Wildman–Crippen MR) is 149 cm³/mol. The Balaban J connectivity index is 1.76. The van der Waals surface area contributed by atoms with E-state index in [1.54, 1.807) is 13.0 Å². The minimum absolute atomic E-state index is 0.0137. The van der Waals surface area contributed by atoms with Gasteiger partial charge in [-0.15, -0.1) is 0 Å². The normalized spacial score (nSPS) is 17.3. The van der Waals surface area contributed by atoms with Gasteiger partial charge in [0.2, 0.25) is 11.8 Å². The summed E-state index contributed by atoms with van der Waals surface area (Å²) in [7, 11) is 0. The van der Waals surface area contributed by atoms with Crippen LogP contribution >= 0.6 is 23.2 Å². The van der Waals surface area contributed by atoms with Gasteiger partial charge >= 0.3 is 0 Å². The fourth-order valence-corrected chi connectivity index (χ4v) is 5.52. The molecule has 0 bridgehead atoms. The molecule has 0 radical (unpaired) electrons. The molecule has 2 aromatic carbocycles. The van der Waals surface area contributed by atoms with Crippen LogP contribution in [0.25, 0.3) is 0 Å². The molecule has 1 fully saturated rings. The number of benzene rings is 2. The number of rotatable bonds is 10. The summed E-state index contributed by atoms with van der Waals surface area (Å²) in [6.45, 7) is 11.1. The Morgan fingerprint density at radius 3 is 2.31 bits per heavy atom. The molecule has 0 aliphatic carbocycles. The van der Waals surface area contributed by atoms with Gasteiger partial charge in [0.25, 0.3) is 0 Å². The van der Waals surface area contributed by atoms with Gasteiger partial charge in [-0.1, -0.05) is 66.5 Å². The van der Waals surface area contributed by atoms with Crippen molar-refractivity contribution in [3.05, 3.63) is 69.7 Å². The molecule has 3 rings (SSSR count). The second-order valence-electron chi connectivity index (χ2n) is 9.93. The van der Waals surface area contributed by atoms with Crippen LogP contribution in [0.1, 0.15) is 70.5 Å². The van der Waals surface area contributed by atoms with E-state index in [4.69, 9.17) is 23.2 Å². The molecule has 1 saturated heterocycles. The van der Waals surface area contributed by atoms with Crippen LogP contribution in [0, 0.1) is 0 Å². The molecule has 1 heterocycles. The first kappa shape index (κ1) is 28.5. The Morgan fingerprint density at radius 1 is 1.08 bits per heavy atom. The number of hydrogen-bond acceptors (Lipinski definition) is 3. The van der Waals surface area contributed by atoms with Crippen molar-refractivity contribution in [3.8, 4) is 0 Å². The molecule has 1 aliphatic heterocycles. The molecule has 0 spiro atoms. The standard InChI is InChI=1S/C29H39Cl2N3O2/c1-5-27(22-10-8-7-9-11-22)32-28(36)29(4,23-12-13-25(30)26(31)20-23)16-19-33-17-14-24(15-18-33)34(6-2)21(3)35/h7-13,20,24,27H,5-6,14-19H2,1-4H3,(H,32,36). The van der Waals surface area contributed by atoms with Gasteiger partial charge in [-0.25, -0.2) is 0 Å². The Labute approximate surface area is 226 Å². The maximum absolute atomic E-state index is 13.9. The van der Waals surface area contributed by atoms with Gasteiger partial charge in [0, 0.05) is 32.6 Å². The number of nitrogens with one attached hydrogen (secondary N) is 1. The molecular formula is C29H39Cl2N3O2. The predicted octanol–water partition coefficient (Wildman–Crippen LogP) is 6.24. The summed E-state index contributed by atoms with van der Waals surface area (Å²) in [5, 5.41) is 4.24. The lowest BCUT2D eigenvalue weighted by Crippen LogP contribution is -2.49. The molecule has 1 aliphatic rings. The molecule has 1 N–H and O–H groups in total. The van der Waals surface area contributed by atoms with Crippen LogP contribution < -0.4 is 5.32 Å². The maximum atomic E-state index is 13.9. The van der Waals surface area contributed by atoms with Crippen molar-refractivity contribution in [1.82, 2.24) is 15.1 Å². The van der Waals surface area contributed by atoms with Gasteiger partial charge in [0.1, 0.15) is 0 Å². The van der Waals surface area contributed by atoms with Gasteiger partial charge in [0.05, 0.1) is 21.5 Å². The summed E-state index contributed by atoms with van der Waals surface area (Å²) in [5.41, 5.74) is 1.18. The monoisotopic (exact) mass is 531 g/mol. The summed E-state index contributed by atoms with van der Waals surface area (Å²) in [5.74, 6) is 0.129. The van der Waals surface area contributed by atoms with Gasteiger partial charge in [-0.2, -0.15) is 0 Å². The molecule has 2 amide bonds. The van der Waals surface area contributed by atoms with E-state index in [1.807, 2.05) is 49.1 Å². The SMILES string of the molecule is CCC(NC(=O)C(C)(CCN1CCC(N(CC)C(C)=O)CC1)c1ccc(Cl)c(Cl)c1)c1ccccc1. The Kier molecular flexibility index (Phi) is 10.2. The van der Waals surface area contributed by atoms with E-state index in [9.17, 15) is 9.59 Å². The molecule has 196 valence electrons. The third kappa shape index (κ3) is 6.81. The smallest absolute Gasteiger partial charge is 0.230 e. The molecule has 0 aromatic heterocycles. The average molecular weight is 533 g/mol. The minimum atomic E-state index is -0.776. The highest BCUT2D eigenvalue weighted by Gasteiger charge is 2.37. The zero-order valence-electron chi connectivity index (χ0n) is 21.9. The number of hydrogen-bond donors (Lipinski definition) is 1. The quantitative estimate of drug-likeness (QED) is 0.394. The summed E-state index contributed by atoms with van der Waals surface area (Å²) in [4.78, 5) is 30.2. The molecule has 2 aromatic rings. The average Bonchev–Trinajstić information content (AvgIpc) is 2.88. The number of piperidine rings is 1. The number of carbonyl (C=O) groups excluding carboxylic acids is 2. The number of nitrogens with zero attached hydrogens (tertiary/aromatic N) is 2. The van der Waals surface area contributed by atoms with Crippen LogP contribution in [-0.2, 0) is 15.0 Å². The van der Waals surface area contributed by atoms with Crippen LogP contribution in [-0.4, -0.2) is 53.8 Å². The van der Waals surface area contributed by atoms with Crippen molar-refractivity contribution in [3.63, 3.8) is 0 Å². The molecular weight excluding hydrogens is 493 g/mol. The van der Waals surface area contributed by atoms with Crippen molar-refractivity contribution in [2.45, 2.75) is 70.9 Å². The van der Waals surface area contributed by atoms with Gasteiger partial charge < -0.3 is 15.1 Å². The lowest BCUT2D eigenvalue weighted by Gasteiger charge is -2.39. The molecule has 36 heavy (non-hydrogen) atoms. The number of likely N-dealkylation sites (tertiary alicyclic amines) is 1. The summed E-state index contributed by atoms with van der Waals surface area (Å²) >= 11 is 12.6. The first-order valence-electron chi connectivity index (χ1n) is 13.0. The van der Waals surface area contributed by atoms with Crippen LogP contribution in [0.3, 0.4) is 0 Å². The highest BCUT2D eigenvalue weighted by molar-refractivity contribution is 6.42. The highest BCUT2D eigenvalue weighted by atomic mass is 35.5. The molecule has 0 saturated carbocycles. The summed E-state index contributed by atoms with van der Waals surface area (Å²) < 4.78 is 0. The summed E-state index contributed by atoms with van der Waals surface area (Å²) in [6, 6.07) is 15.8. The Morgan fingerprint density at radius 2 is 1.75 bits per heavy atom. The fraction of sp³-hybridized carbons (Fsp3) is 0.517. The van der Waals surface area contributed by atoms with Crippen molar-refractivity contribution in [2.75, 3.05) is 26.2 Å². The first-order valence-corrected chi connectivity index (χ1v) is 13.8. The van der Waals surface area contributed by atoms with E-state index in [-0.39, 0.29) is 17.9 Å². The molecule has 2 atom stereocenters. The third-order valence-electron chi connectivity index (χ3n) is 7.64. The van der Waals surface area contributed by atoms with E-state index < -0.39 is 5.41 Å². The van der Waals surface area contributed by atoms with Crippen molar-refractivity contribution >= 4 is 35.0 Å². The largest absolute Gasteiger partial charge is 0.349 e. The van der Waals surface area contributed by atoms with Gasteiger partial charge in [-0.05, 0) is 69.3 Å². The van der Waals surface area contributed by atoms with Crippen LogP contribution in [0.4, 0.5) is 0 Å². The van der Waals surface area contributed by atoms with Crippen molar-refractivity contribution in [2.24, 2.45) is 0 Å². The molecule has 7 heteroatoms. The second-order valence-corrected chi connectivity index (χ2v) is 10.7. The van der Waals surface area contributed by atoms with Crippen LogP contribution in [0.15, 0.2) is 48.5 Å². The van der Waals surface area contributed by atoms with Crippen LogP contribution in [0.2, 0.25) is 10.0 Å². The molecule has 2 unspecified atom stereocenters. The number of halogens is 2. The Hall–Kier alpha value is -2.08. The van der Waals surface area contributed by atoms with E-state index in [0.717, 1.165) is 56.6 Å². The van der Waals surface area contributed by atoms with E-state index in [0.29, 0.717) is 22.5 Å². The zero-order valence-corrected chi connectivity index (χ0v) is 23.4. The topological polar surface area (TPSA) is 52.7 Å². The zero-order chi connectivity index (χ0) is 26.3. The lowest BCUT2D eigenvalue weighted by atomic mass is 9.77. The van der Waals surface area contributed by atoms with Gasteiger partial charge in [0.15, 0.2) is 0 Å². The van der Waals surface area contributed by atoms with Crippen LogP contribution in [0.5, 0.6) is 0 Å². The first-order chi connectivity index (χ1) is 17.2. The maximum Gasteiger partial charge on any atom is 0.230 e. The van der Waals surface area contributed by atoms with E-state index >= 15 is 0 Å². The Bertz CT molecular complexity index is 1020. The third-order valence-corrected chi connectivity index (χ3v) is 8.38. The number of carbonyl (C=O) groups is 2. The van der Waals surface area contributed by atoms with E-state index in [1.165, 1.54) is 0 Å². The number of amides is 2. The summed E-state index contributed by atoms with van der Waals surface area (Å²) in [6.07, 6.45) is 3.35. The van der Waals surface area contributed by atoms with E-state index in [2.05, 4.69) is 29.3 Å². The lowest BCUT2D eigenvalue weighted by molar-refractivity contribution is -0.132. The van der Waals surface area contributed by atoms with Crippen molar-refractivity contribution in [1.29, 1.82) is 0 Å². The minimum Gasteiger partial charge on any atom is -0.349 e. The fourth-order valence-electron chi connectivity index (χ4n) is 5.23. The van der Waals surface area contributed by atoms with Crippen molar-refractivity contribution < 1.29 is 9.59 Å². The highest BCUT2D eigenvalue weighted by Crippen LogP contribution is 2.34. The molecule has 5 nitrogen and oxygen atoms in total. The van der Waals surface area contributed by atoms with Gasteiger partial charge in [-0.3, -0.25) is 9.59 Å².